The number of allylic oxidation sites excluding steroid dienone is 1. The maximum atomic E-state index is 12.6. The molecule has 1 fully saturated rings. The van der Waals surface area contributed by atoms with Crippen LogP contribution in [0.2, 0.25) is 0 Å². The molecule has 36 heavy (non-hydrogen) atoms. The van der Waals surface area contributed by atoms with Crippen LogP contribution >= 0.6 is 0 Å². The number of rotatable bonds is 3. The molecule has 5 unspecified atom stereocenters. The smallest absolute Gasteiger partial charge is 0.330 e. The van der Waals surface area contributed by atoms with Crippen LogP contribution in [0.3, 0.4) is 0 Å². The first-order chi connectivity index (χ1) is 17.4. The Morgan fingerprint density at radius 3 is 2.81 bits per heavy atom. The monoisotopic (exact) mass is 500 g/mol. The lowest BCUT2D eigenvalue weighted by molar-refractivity contribution is -0.148. The zero-order chi connectivity index (χ0) is 25.5. The van der Waals surface area contributed by atoms with E-state index in [9.17, 15) is 19.8 Å². The van der Waals surface area contributed by atoms with E-state index in [1.54, 1.807) is 12.2 Å². The summed E-state index contributed by atoms with van der Waals surface area (Å²) in [6.45, 7) is 4.12. The molecule has 0 radical (unpaired) electrons. The van der Waals surface area contributed by atoms with Crippen LogP contribution in [0.15, 0.2) is 60.9 Å². The lowest BCUT2D eigenvalue weighted by Gasteiger charge is -2.25. The molecule has 8 heteroatoms. The molecule has 196 valence electrons. The van der Waals surface area contributed by atoms with Gasteiger partial charge in [0.15, 0.2) is 5.78 Å². The number of carbonyl (C=O) groups excluding carboxylic acids is 2. The molecule has 0 aliphatic carbocycles. The minimum Gasteiger partial charge on any atom is -0.493 e. The second kappa shape index (κ2) is 12.6. The quantitative estimate of drug-likeness (QED) is 0.345. The molecule has 4 aliphatic heterocycles. The van der Waals surface area contributed by atoms with Gasteiger partial charge in [-0.05, 0) is 44.6 Å². The van der Waals surface area contributed by atoms with Crippen molar-refractivity contribution in [3.05, 3.63) is 60.9 Å². The van der Waals surface area contributed by atoms with E-state index in [-0.39, 0.29) is 36.9 Å². The number of ether oxygens (including phenoxy) is 4. The topological polar surface area (TPSA) is 115 Å². The van der Waals surface area contributed by atoms with Gasteiger partial charge in [-0.15, -0.1) is 0 Å². The Bertz CT molecular complexity index is 919. The van der Waals surface area contributed by atoms with Gasteiger partial charge in [0, 0.05) is 18.6 Å². The molecule has 0 aromatic rings. The van der Waals surface area contributed by atoms with Crippen LogP contribution in [0.5, 0.6) is 0 Å². The van der Waals surface area contributed by atoms with Crippen molar-refractivity contribution in [3.8, 4) is 0 Å². The second-order valence-electron chi connectivity index (χ2n) is 9.89. The van der Waals surface area contributed by atoms with Crippen LogP contribution in [-0.2, 0) is 28.5 Å². The Kier molecular flexibility index (Phi) is 9.31. The fraction of sp³-hybridized carbons (Fsp3) is 0.571. The van der Waals surface area contributed by atoms with E-state index in [1.165, 1.54) is 24.5 Å². The van der Waals surface area contributed by atoms with Gasteiger partial charge in [-0.1, -0.05) is 36.5 Å². The average Bonchev–Trinajstić information content (AvgIpc) is 3.61. The van der Waals surface area contributed by atoms with E-state index in [0.29, 0.717) is 12.8 Å². The summed E-state index contributed by atoms with van der Waals surface area (Å²) in [6.07, 6.45) is 13.9. The van der Waals surface area contributed by atoms with Crippen molar-refractivity contribution in [3.63, 3.8) is 0 Å². The predicted molar refractivity (Wildman–Crippen MR) is 132 cm³/mol. The largest absolute Gasteiger partial charge is 0.493 e. The van der Waals surface area contributed by atoms with Crippen LogP contribution in [0, 0.1) is 0 Å². The molecular formula is C28H36O8. The molecule has 2 N–H and O–H groups in total. The minimum absolute atomic E-state index is 0.0638. The molecular weight excluding hydrogens is 464 g/mol. The fourth-order valence-electron chi connectivity index (χ4n) is 4.81. The maximum absolute atomic E-state index is 12.6. The first kappa shape index (κ1) is 26.5. The van der Waals surface area contributed by atoms with Gasteiger partial charge in [0.1, 0.15) is 24.4 Å². The highest BCUT2D eigenvalue weighted by Gasteiger charge is 2.46. The number of hydrogen-bond acceptors (Lipinski definition) is 8. The molecule has 4 heterocycles. The Morgan fingerprint density at radius 2 is 1.97 bits per heavy atom. The fourth-order valence-corrected chi connectivity index (χ4v) is 4.81. The van der Waals surface area contributed by atoms with Gasteiger partial charge in [-0.2, -0.15) is 0 Å². The first-order valence-electron chi connectivity index (χ1n) is 12.8. The first-order valence-corrected chi connectivity index (χ1v) is 12.8. The molecule has 8 nitrogen and oxygen atoms in total. The van der Waals surface area contributed by atoms with Crippen molar-refractivity contribution in [2.75, 3.05) is 0 Å². The van der Waals surface area contributed by atoms with Crippen molar-refractivity contribution in [2.24, 2.45) is 0 Å². The normalized spacial score (nSPS) is 37.8. The SMILES string of the molecule is C=C1CCC[C@@H]2CC=CC(C/C=C\C(=O)OC(C(O)/C=C/C3CC(=O)C=CO3)C[C@@H]3OC3[C@@H](O)C1)O2. The van der Waals surface area contributed by atoms with Gasteiger partial charge >= 0.3 is 5.97 Å². The summed E-state index contributed by atoms with van der Waals surface area (Å²) < 4.78 is 22.8. The molecule has 2 bridgehead atoms. The van der Waals surface area contributed by atoms with Crippen LogP contribution in [0.1, 0.15) is 51.4 Å². The summed E-state index contributed by atoms with van der Waals surface area (Å²) >= 11 is 0. The second-order valence-corrected chi connectivity index (χ2v) is 9.89. The molecule has 0 saturated carbocycles. The molecule has 0 spiro atoms. The van der Waals surface area contributed by atoms with Crippen LogP contribution in [0.4, 0.5) is 0 Å². The number of aliphatic hydroxyl groups is 2. The third-order valence-electron chi connectivity index (χ3n) is 6.84. The molecule has 0 aromatic carbocycles. The summed E-state index contributed by atoms with van der Waals surface area (Å²) in [7, 11) is 0. The molecule has 8 atom stereocenters. The molecule has 4 rings (SSSR count). The summed E-state index contributed by atoms with van der Waals surface area (Å²) in [5.41, 5.74) is 0.964. The number of carbonyl (C=O) groups is 2. The Morgan fingerprint density at radius 1 is 1.11 bits per heavy atom. The molecule has 0 aromatic heterocycles. The Balaban J connectivity index is 1.43. The highest BCUT2D eigenvalue weighted by molar-refractivity contribution is 5.90. The van der Waals surface area contributed by atoms with Gasteiger partial charge < -0.3 is 29.2 Å². The molecule has 1 saturated heterocycles. The third-order valence-corrected chi connectivity index (χ3v) is 6.84. The zero-order valence-electron chi connectivity index (χ0n) is 20.4. The van der Waals surface area contributed by atoms with E-state index in [0.717, 1.165) is 31.3 Å². The number of esters is 1. The average molecular weight is 501 g/mol. The number of ketones is 1. The van der Waals surface area contributed by atoms with Crippen molar-refractivity contribution in [2.45, 2.75) is 100 Å². The van der Waals surface area contributed by atoms with Crippen molar-refractivity contribution in [1.29, 1.82) is 0 Å². The van der Waals surface area contributed by atoms with Crippen molar-refractivity contribution < 1.29 is 38.7 Å². The van der Waals surface area contributed by atoms with E-state index in [1.807, 2.05) is 6.08 Å². The Hall–Kier alpha value is -2.52. The summed E-state index contributed by atoms with van der Waals surface area (Å²) in [6, 6.07) is 0. The van der Waals surface area contributed by atoms with Crippen LogP contribution in [0.25, 0.3) is 0 Å². The van der Waals surface area contributed by atoms with Gasteiger partial charge in [-0.3, -0.25) is 4.79 Å². The third kappa shape index (κ3) is 8.00. The number of cyclic esters (lactones) is 1. The standard InChI is InChI=1S/C28H36O8/c1-18-5-2-6-20-7-3-8-21(34-20)9-4-10-27(32)35-25(17-26-28(36-26)24(31)15-18)23(30)12-11-22-16-19(29)13-14-33-22/h3-4,8,10-14,20-26,28,30-31H,1-2,5-7,9,15-17H2/b10-4-,12-11+/t20-,21?,22?,23?,24+,25?,26+,28?/m1/s1. The van der Waals surface area contributed by atoms with Gasteiger partial charge in [0.25, 0.3) is 0 Å². The summed E-state index contributed by atoms with van der Waals surface area (Å²) in [5, 5.41) is 21.4. The van der Waals surface area contributed by atoms with Gasteiger partial charge in [0.2, 0.25) is 0 Å². The van der Waals surface area contributed by atoms with E-state index in [2.05, 4.69) is 12.7 Å². The van der Waals surface area contributed by atoms with Crippen LogP contribution in [-0.4, -0.2) is 70.8 Å². The number of hydrogen-bond donors (Lipinski definition) is 2. The van der Waals surface area contributed by atoms with Crippen molar-refractivity contribution >= 4 is 11.8 Å². The van der Waals surface area contributed by atoms with Crippen molar-refractivity contribution in [1.82, 2.24) is 0 Å². The summed E-state index contributed by atoms with van der Waals surface area (Å²) in [4.78, 5) is 24.1. The van der Waals surface area contributed by atoms with Gasteiger partial charge in [-0.25, -0.2) is 4.79 Å². The van der Waals surface area contributed by atoms with Crippen LogP contribution < -0.4 is 0 Å². The highest BCUT2D eigenvalue weighted by Crippen LogP contribution is 2.34. The maximum Gasteiger partial charge on any atom is 0.330 e. The number of fused-ring (bicyclic) bond motifs is 3. The Labute approximate surface area is 211 Å². The molecule has 0 amide bonds. The van der Waals surface area contributed by atoms with E-state index >= 15 is 0 Å². The predicted octanol–water partition coefficient (Wildman–Crippen LogP) is 3.00. The van der Waals surface area contributed by atoms with Gasteiger partial charge in [0.05, 0.1) is 37.1 Å². The summed E-state index contributed by atoms with van der Waals surface area (Å²) in [5.74, 6) is -0.644. The lowest BCUT2D eigenvalue weighted by Crippen LogP contribution is -2.32. The highest BCUT2D eigenvalue weighted by atomic mass is 16.6. The molecule has 4 aliphatic rings. The zero-order valence-corrected chi connectivity index (χ0v) is 20.4. The lowest BCUT2D eigenvalue weighted by atomic mass is 9.97. The van der Waals surface area contributed by atoms with E-state index < -0.39 is 36.5 Å². The number of epoxide rings is 1. The minimum atomic E-state index is -1.14. The van der Waals surface area contributed by atoms with E-state index in [4.69, 9.17) is 18.9 Å². The number of aliphatic hydroxyl groups excluding tert-OH is 2.